The Bertz CT molecular complexity index is 647. The molecule has 0 amide bonds. The van der Waals surface area contributed by atoms with Crippen molar-refractivity contribution in [2.75, 3.05) is 12.3 Å². The molecule has 0 aliphatic carbocycles. The molecule has 1 saturated heterocycles. The number of nitrogens with two attached hydrogens (primary N) is 1. The molecule has 4 atom stereocenters. The highest BCUT2D eigenvalue weighted by Crippen LogP contribution is 2.22. The van der Waals surface area contributed by atoms with Crippen LogP contribution in [0.25, 0.3) is 5.69 Å². The van der Waals surface area contributed by atoms with Gasteiger partial charge in [-0.05, 0) is 24.3 Å². The van der Waals surface area contributed by atoms with E-state index in [2.05, 4.69) is 10.3 Å². The predicted molar refractivity (Wildman–Crippen MR) is 78.3 cm³/mol. The van der Waals surface area contributed by atoms with Gasteiger partial charge in [-0.15, -0.1) is 5.10 Å². The van der Waals surface area contributed by atoms with Crippen LogP contribution in [0.5, 0.6) is 0 Å². The van der Waals surface area contributed by atoms with Crippen molar-refractivity contribution in [3.8, 4) is 5.69 Å². The van der Waals surface area contributed by atoms with Gasteiger partial charge in [0.05, 0.1) is 25.1 Å². The molecule has 1 aromatic carbocycles. The molecule has 2 heterocycles. The summed E-state index contributed by atoms with van der Waals surface area (Å²) in [6.07, 6.45) is -2.62. The van der Waals surface area contributed by atoms with Gasteiger partial charge in [-0.2, -0.15) is 0 Å². The fourth-order valence-corrected chi connectivity index (χ4v) is 2.29. The smallest absolute Gasteiger partial charge is 0.187 e. The van der Waals surface area contributed by atoms with Crippen molar-refractivity contribution in [1.82, 2.24) is 15.0 Å². The average Bonchev–Trinajstić information content (AvgIpc) is 3.13. The van der Waals surface area contributed by atoms with Crippen molar-refractivity contribution in [2.45, 2.75) is 31.2 Å². The van der Waals surface area contributed by atoms with E-state index < -0.39 is 31.2 Å². The summed E-state index contributed by atoms with van der Waals surface area (Å²) < 4.78 is 12.2. The molecule has 1 aliphatic rings. The van der Waals surface area contributed by atoms with E-state index in [9.17, 15) is 10.2 Å². The standard InChI is InChI=1S/C14H18N4O5/c15-8-1-3-10(4-2-8)18-5-9(16-17-18)7-22-14-13(21)12(20)11(6-19)23-14/h1-5,11-14,19-21H,6-7,15H2. The van der Waals surface area contributed by atoms with Crippen molar-refractivity contribution in [3.63, 3.8) is 0 Å². The van der Waals surface area contributed by atoms with Crippen molar-refractivity contribution in [1.29, 1.82) is 0 Å². The third-order valence-corrected chi connectivity index (χ3v) is 3.59. The Labute approximate surface area is 131 Å². The Morgan fingerprint density at radius 3 is 2.61 bits per heavy atom. The maximum Gasteiger partial charge on any atom is 0.187 e. The number of aliphatic hydroxyl groups excluding tert-OH is 3. The first-order valence-electron chi connectivity index (χ1n) is 7.09. The number of aromatic nitrogens is 3. The highest BCUT2D eigenvalue weighted by molar-refractivity contribution is 5.44. The lowest BCUT2D eigenvalue weighted by atomic mass is 10.1. The first-order valence-corrected chi connectivity index (χ1v) is 7.09. The summed E-state index contributed by atoms with van der Waals surface area (Å²) in [5, 5.41) is 36.4. The first-order chi connectivity index (χ1) is 11.1. The van der Waals surface area contributed by atoms with Gasteiger partial charge in [0.25, 0.3) is 0 Å². The van der Waals surface area contributed by atoms with Crippen LogP contribution < -0.4 is 5.73 Å². The van der Waals surface area contributed by atoms with Crippen LogP contribution in [0.15, 0.2) is 30.5 Å². The van der Waals surface area contributed by atoms with Gasteiger partial charge >= 0.3 is 0 Å². The van der Waals surface area contributed by atoms with Gasteiger partial charge in [0.2, 0.25) is 0 Å². The van der Waals surface area contributed by atoms with Crippen molar-refractivity contribution in [3.05, 3.63) is 36.2 Å². The number of rotatable bonds is 5. The quantitative estimate of drug-likeness (QED) is 0.504. The van der Waals surface area contributed by atoms with Gasteiger partial charge in [-0.1, -0.05) is 5.21 Å². The molecule has 1 fully saturated rings. The normalized spacial score (nSPS) is 27.4. The molecule has 124 valence electrons. The Kier molecular flexibility index (Phi) is 4.55. The molecule has 23 heavy (non-hydrogen) atoms. The van der Waals surface area contributed by atoms with Crippen LogP contribution in [-0.4, -0.2) is 61.5 Å². The van der Waals surface area contributed by atoms with Gasteiger partial charge in [-0.25, -0.2) is 4.68 Å². The third-order valence-electron chi connectivity index (χ3n) is 3.59. The summed E-state index contributed by atoms with van der Waals surface area (Å²) in [5.41, 5.74) is 7.61. The minimum atomic E-state index is -1.22. The number of anilines is 1. The third kappa shape index (κ3) is 3.33. The van der Waals surface area contributed by atoms with E-state index in [0.717, 1.165) is 5.69 Å². The monoisotopic (exact) mass is 322 g/mol. The zero-order valence-corrected chi connectivity index (χ0v) is 12.2. The molecule has 2 aromatic rings. The van der Waals surface area contributed by atoms with E-state index in [4.69, 9.17) is 20.3 Å². The van der Waals surface area contributed by atoms with Gasteiger partial charge in [0.15, 0.2) is 6.29 Å². The van der Waals surface area contributed by atoms with Crippen molar-refractivity contribution in [2.24, 2.45) is 0 Å². The van der Waals surface area contributed by atoms with Crippen LogP contribution in [0.2, 0.25) is 0 Å². The van der Waals surface area contributed by atoms with Gasteiger partial charge < -0.3 is 30.5 Å². The molecule has 0 spiro atoms. The fraction of sp³-hybridized carbons (Fsp3) is 0.429. The van der Waals surface area contributed by atoms with Crippen molar-refractivity contribution < 1.29 is 24.8 Å². The molecule has 9 nitrogen and oxygen atoms in total. The topological polar surface area (TPSA) is 136 Å². The lowest BCUT2D eigenvalue weighted by Gasteiger charge is -2.14. The van der Waals surface area contributed by atoms with Crippen LogP contribution >= 0.6 is 0 Å². The second-order valence-electron chi connectivity index (χ2n) is 5.26. The first kappa shape index (κ1) is 15.8. The average molecular weight is 322 g/mol. The fourth-order valence-electron chi connectivity index (χ4n) is 2.29. The van der Waals surface area contributed by atoms with Gasteiger partial charge in [0, 0.05) is 5.69 Å². The maximum atomic E-state index is 9.78. The molecule has 0 bridgehead atoms. The molecule has 0 saturated carbocycles. The molecule has 1 aromatic heterocycles. The van der Waals surface area contributed by atoms with Gasteiger partial charge in [-0.3, -0.25) is 0 Å². The molecule has 4 unspecified atom stereocenters. The molecular weight excluding hydrogens is 304 g/mol. The maximum absolute atomic E-state index is 9.78. The van der Waals surface area contributed by atoms with Crippen LogP contribution in [0.4, 0.5) is 5.69 Å². The number of ether oxygens (including phenoxy) is 2. The molecule has 0 radical (unpaired) electrons. The zero-order valence-electron chi connectivity index (χ0n) is 12.2. The van der Waals surface area contributed by atoms with E-state index >= 15 is 0 Å². The van der Waals surface area contributed by atoms with E-state index in [1.807, 2.05) is 0 Å². The molecule has 9 heteroatoms. The highest BCUT2D eigenvalue weighted by Gasteiger charge is 2.43. The van der Waals surface area contributed by atoms with Crippen LogP contribution in [-0.2, 0) is 16.1 Å². The predicted octanol–water partition coefficient (Wildman–Crippen LogP) is -1.19. The van der Waals surface area contributed by atoms with E-state index in [0.29, 0.717) is 11.4 Å². The molecule has 1 aliphatic heterocycles. The van der Waals surface area contributed by atoms with Gasteiger partial charge in [0.1, 0.15) is 24.0 Å². The summed E-state index contributed by atoms with van der Waals surface area (Å²) in [5.74, 6) is 0. The van der Waals surface area contributed by atoms with Crippen molar-refractivity contribution >= 4 is 5.69 Å². The minimum absolute atomic E-state index is 0.0432. The van der Waals surface area contributed by atoms with Crippen LogP contribution in [0.3, 0.4) is 0 Å². The Hall–Kier alpha value is -2.04. The summed E-state index contributed by atoms with van der Waals surface area (Å²) in [6.45, 7) is -0.354. The number of nitrogen functional groups attached to an aromatic ring is 1. The second kappa shape index (κ2) is 6.60. The summed E-state index contributed by atoms with van der Waals surface area (Å²) in [7, 11) is 0. The second-order valence-corrected chi connectivity index (χ2v) is 5.26. The zero-order chi connectivity index (χ0) is 16.4. The van der Waals surface area contributed by atoms with E-state index in [1.165, 1.54) is 0 Å². The number of hydrogen-bond acceptors (Lipinski definition) is 8. The minimum Gasteiger partial charge on any atom is -0.399 e. The Balaban J connectivity index is 1.60. The molecule has 3 rings (SSSR count). The lowest BCUT2D eigenvalue weighted by Crippen LogP contribution is -2.34. The number of benzene rings is 1. The lowest BCUT2D eigenvalue weighted by molar-refractivity contribution is -0.176. The largest absolute Gasteiger partial charge is 0.399 e. The van der Waals surface area contributed by atoms with Crippen LogP contribution in [0.1, 0.15) is 5.69 Å². The van der Waals surface area contributed by atoms with E-state index in [-0.39, 0.29) is 6.61 Å². The summed E-state index contributed by atoms with van der Waals surface area (Å²) in [4.78, 5) is 0. The number of hydrogen-bond donors (Lipinski definition) is 4. The highest BCUT2D eigenvalue weighted by atomic mass is 16.7. The Morgan fingerprint density at radius 1 is 1.22 bits per heavy atom. The SMILES string of the molecule is Nc1ccc(-n2cc(COC3OC(CO)C(O)C3O)nn2)cc1. The Morgan fingerprint density at radius 2 is 1.96 bits per heavy atom. The number of nitrogens with zero attached hydrogens (tertiary/aromatic N) is 3. The summed E-state index contributed by atoms with van der Waals surface area (Å²) >= 11 is 0. The molecule has 5 N–H and O–H groups in total. The number of aliphatic hydroxyl groups is 3. The molecular formula is C14H18N4O5. The van der Waals surface area contributed by atoms with Crippen LogP contribution in [0, 0.1) is 0 Å². The summed E-state index contributed by atoms with van der Waals surface area (Å²) in [6, 6.07) is 7.13. The van der Waals surface area contributed by atoms with E-state index in [1.54, 1.807) is 35.1 Å².